The van der Waals surface area contributed by atoms with E-state index in [4.69, 9.17) is 0 Å². The van der Waals surface area contributed by atoms with Crippen LogP contribution in [-0.4, -0.2) is 6.04 Å². The van der Waals surface area contributed by atoms with Crippen molar-refractivity contribution in [3.8, 4) is 0 Å². The fourth-order valence-electron chi connectivity index (χ4n) is 3.92. The van der Waals surface area contributed by atoms with E-state index < -0.39 is 0 Å². The van der Waals surface area contributed by atoms with Gasteiger partial charge in [-0.25, -0.2) is 4.39 Å². The van der Waals surface area contributed by atoms with Crippen LogP contribution in [0.1, 0.15) is 56.9 Å². The largest absolute Gasteiger partial charge is 0.382 e. The van der Waals surface area contributed by atoms with Gasteiger partial charge in [-0.15, -0.1) is 0 Å². The minimum atomic E-state index is -0.104. The quantitative estimate of drug-likeness (QED) is 0.785. The van der Waals surface area contributed by atoms with Gasteiger partial charge in [0.15, 0.2) is 0 Å². The van der Waals surface area contributed by atoms with Crippen LogP contribution in [0.25, 0.3) is 0 Å². The minimum Gasteiger partial charge on any atom is -0.382 e. The molecule has 0 atom stereocenters. The van der Waals surface area contributed by atoms with E-state index >= 15 is 0 Å². The van der Waals surface area contributed by atoms with Gasteiger partial charge < -0.3 is 5.32 Å². The van der Waals surface area contributed by atoms with Crippen molar-refractivity contribution in [3.63, 3.8) is 0 Å². The predicted molar refractivity (Wildman–Crippen MR) is 77.9 cm³/mol. The summed E-state index contributed by atoms with van der Waals surface area (Å²) in [5.74, 6) is -0.104. The lowest BCUT2D eigenvalue weighted by Crippen LogP contribution is -2.31. The third kappa shape index (κ3) is 2.77. The van der Waals surface area contributed by atoms with Crippen molar-refractivity contribution >= 4 is 5.69 Å². The Hall–Kier alpha value is -1.05. The zero-order valence-corrected chi connectivity index (χ0v) is 11.8. The van der Waals surface area contributed by atoms with Crippen LogP contribution in [-0.2, 0) is 0 Å². The molecule has 3 rings (SSSR count). The van der Waals surface area contributed by atoms with E-state index in [9.17, 15) is 4.39 Å². The van der Waals surface area contributed by atoms with Gasteiger partial charge in [-0.05, 0) is 68.6 Å². The Morgan fingerprint density at radius 2 is 1.79 bits per heavy atom. The summed E-state index contributed by atoms with van der Waals surface area (Å²) in [5, 5.41) is 3.52. The Morgan fingerprint density at radius 1 is 1.11 bits per heavy atom. The molecule has 0 radical (unpaired) electrons. The molecule has 2 fully saturated rings. The van der Waals surface area contributed by atoms with E-state index in [0.717, 1.165) is 11.3 Å². The minimum absolute atomic E-state index is 0.104. The van der Waals surface area contributed by atoms with Gasteiger partial charge in [0.1, 0.15) is 5.82 Å². The Balaban J connectivity index is 1.58. The number of hydrogen-bond acceptors (Lipinski definition) is 1. The van der Waals surface area contributed by atoms with Crippen molar-refractivity contribution in [1.82, 2.24) is 0 Å². The molecule has 104 valence electrons. The first-order chi connectivity index (χ1) is 9.17. The normalized spacial score (nSPS) is 22.8. The number of nitrogens with one attached hydrogen (secondary N) is 1. The maximum absolute atomic E-state index is 13.5. The molecular formula is C17H24FN. The first-order valence-electron chi connectivity index (χ1n) is 7.70. The highest BCUT2D eigenvalue weighted by molar-refractivity contribution is 5.46. The van der Waals surface area contributed by atoms with E-state index in [2.05, 4.69) is 5.32 Å². The molecule has 0 unspecified atom stereocenters. The average Bonchev–Trinajstić information content (AvgIpc) is 2.86. The standard InChI is InChI=1S/C17H24FN/c1-13-4-5-15(12-16(13)18)19-14-6-10-17(11-7-14)8-2-3-9-17/h4-5,12,14,19H,2-3,6-11H2,1H3. The zero-order chi connectivity index (χ0) is 13.3. The highest BCUT2D eigenvalue weighted by Gasteiger charge is 2.37. The first kappa shape index (κ1) is 13.0. The van der Waals surface area contributed by atoms with Gasteiger partial charge in [-0.1, -0.05) is 18.9 Å². The summed E-state index contributed by atoms with van der Waals surface area (Å²) in [6, 6.07) is 6.03. The van der Waals surface area contributed by atoms with Gasteiger partial charge in [-0.3, -0.25) is 0 Å². The van der Waals surface area contributed by atoms with Crippen molar-refractivity contribution in [3.05, 3.63) is 29.6 Å². The summed E-state index contributed by atoms with van der Waals surface area (Å²) < 4.78 is 13.5. The Bertz CT molecular complexity index is 439. The van der Waals surface area contributed by atoms with Crippen molar-refractivity contribution in [1.29, 1.82) is 0 Å². The first-order valence-corrected chi connectivity index (χ1v) is 7.70. The Labute approximate surface area is 115 Å². The molecule has 1 aromatic rings. The summed E-state index contributed by atoms with van der Waals surface area (Å²) >= 11 is 0. The third-order valence-electron chi connectivity index (χ3n) is 5.25. The summed E-state index contributed by atoms with van der Waals surface area (Å²) in [6.45, 7) is 1.81. The van der Waals surface area contributed by atoms with Crippen LogP contribution < -0.4 is 5.32 Å². The van der Waals surface area contributed by atoms with Gasteiger partial charge in [0.2, 0.25) is 0 Å². The van der Waals surface area contributed by atoms with E-state index in [-0.39, 0.29) is 5.82 Å². The summed E-state index contributed by atoms with van der Waals surface area (Å²) in [7, 11) is 0. The van der Waals surface area contributed by atoms with Crippen LogP contribution in [0.4, 0.5) is 10.1 Å². The number of halogens is 1. The second-order valence-corrected chi connectivity index (χ2v) is 6.59. The van der Waals surface area contributed by atoms with Crippen molar-refractivity contribution in [2.75, 3.05) is 5.32 Å². The van der Waals surface area contributed by atoms with Crippen molar-refractivity contribution < 1.29 is 4.39 Å². The third-order valence-corrected chi connectivity index (χ3v) is 5.25. The highest BCUT2D eigenvalue weighted by Crippen LogP contribution is 2.49. The molecule has 0 aliphatic heterocycles. The summed E-state index contributed by atoms with van der Waals surface area (Å²) in [4.78, 5) is 0. The van der Waals surface area contributed by atoms with Crippen LogP contribution in [0.15, 0.2) is 18.2 Å². The molecular weight excluding hydrogens is 237 g/mol. The van der Waals surface area contributed by atoms with E-state index in [1.807, 2.05) is 19.1 Å². The molecule has 19 heavy (non-hydrogen) atoms. The average molecular weight is 261 g/mol. The maximum atomic E-state index is 13.5. The van der Waals surface area contributed by atoms with Gasteiger partial charge in [0, 0.05) is 11.7 Å². The SMILES string of the molecule is Cc1ccc(NC2CCC3(CCCC3)CC2)cc1F. The van der Waals surface area contributed by atoms with E-state index in [0.29, 0.717) is 11.5 Å². The second-order valence-electron chi connectivity index (χ2n) is 6.59. The topological polar surface area (TPSA) is 12.0 Å². The maximum Gasteiger partial charge on any atom is 0.128 e. The van der Waals surface area contributed by atoms with Gasteiger partial charge >= 0.3 is 0 Å². The van der Waals surface area contributed by atoms with Gasteiger partial charge in [0.05, 0.1) is 0 Å². The predicted octanol–water partition coefficient (Wildman–Crippen LogP) is 5.05. The lowest BCUT2D eigenvalue weighted by atomic mass is 9.71. The highest BCUT2D eigenvalue weighted by atomic mass is 19.1. The van der Waals surface area contributed by atoms with Crippen LogP contribution in [0.2, 0.25) is 0 Å². The molecule has 2 aliphatic carbocycles. The second kappa shape index (κ2) is 5.15. The molecule has 0 bridgehead atoms. The van der Waals surface area contributed by atoms with Gasteiger partial charge in [0.25, 0.3) is 0 Å². The summed E-state index contributed by atoms with van der Waals surface area (Å²) in [5.41, 5.74) is 2.34. The zero-order valence-electron chi connectivity index (χ0n) is 11.8. The lowest BCUT2D eigenvalue weighted by molar-refractivity contribution is 0.188. The molecule has 0 saturated heterocycles. The van der Waals surface area contributed by atoms with Gasteiger partial charge in [-0.2, -0.15) is 0 Å². The smallest absolute Gasteiger partial charge is 0.128 e. The van der Waals surface area contributed by atoms with Crippen LogP contribution in [0.5, 0.6) is 0 Å². The molecule has 1 spiro atoms. The van der Waals surface area contributed by atoms with Crippen LogP contribution in [0, 0.1) is 18.2 Å². The Morgan fingerprint density at radius 3 is 2.42 bits per heavy atom. The number of aryl methyl sites for hydroxylation is 1. The molecule has 2 heteroatoms. The monoisotopic (exact) mass is 261 g/mol. The molecule has 1 aromatic carbocycles. The Kier molecular flexibility index (Phi) is 3.51. The van der Waals surface area contributed by atoms with Crippen molar-refractivity contribution in [2.24, 2.45) is 5.41 Å². The van der Waals surface area contributed by atoms with E-state index in [1.54, 1.807) is 6.07 Å². The lowest BCUT2D eigenvalue weighted by Gasteiger charge is -2.37. The number of rotatable bonds is 2. The van der Waals surface area contributed by atoms with Crippen LogP contribution >= 0.6 is 0 Å². The van der Waals surface area contributed by atoms with Crippen molar-refractivity contribution in [2.45, 2.75) is 64.3 Å². The molecule has 2 aliphatic rings. The molecule has 0 aromatic heterocycles. The van der Waals surface area contributed by atoms with E-state index in [1.165, 1.54) is 51.4 Å². The molecule has 1 N–H and O–H groups in total. The number of anilines is 1. The fraction of sp³-hybridized carbons (Fsp3) is 0.647. The molecule has 0 heterocycles. The molecule has 0 amide bonds. The molecule has 1 nitrogen and oxygen atoms in total. The number of benzene rings is 1. The summed E-state index contributed by atoms with van der Waals surface area (Å²) in [6.07, 6.45) is 11.0. The number of hydrogen-bond donors (Lipinski definition) is 1. The molecule has 2 saturated carbocycles. The van der Waals surface area contributed by atoms with Crippen LogP contribution in [0.3, 0.4) is 0 Å². The fourth-order valence-corrected chi connectivity index (χ4v) is 3.92.